The highest BCUT2D eigenvalue weighted by atomic mass is 32.1. The monoisotopic (exact) mass is 371 g/mol. The van der Waals surface area contributed by atoms with E-state index in [-0.39, 0.29) is 11.7 Å². The van der Waals surface area contributed by atoms with Crippen LogP contribution >= 0.6 is 11.3 Å². The van der Waals surface area contributed by atoms with Gasteiger partial charge in [-0.25, -0.2) is 9.37 Å². The lowest BCUT2D eigenvalue weighted by Gasteiger charge is -2.21. The van der Waals surface area contributed by atoms with Crippen molar-refractivity contribution < 1.29 is 9.18 Å². The molecule has 0 atom stereocenters. The number of fused-ring (bicyclic) bond motifs is 1. The molecule has 3 aromatic rings. The first kappa shape index (κ1) is 18.5. The number of aromatic nitrogens is 1. The van der Waals surface area contributed by atoms with Crippen molar-refractivity contribution in [3.8, 4) is 0 Å². The molecule has 0 aliphatic heterocycles. The van der Waals surface area contributed by atoms with E-state index >= 15 is 0 Å². The fourth-order valence-corrected chi connectivity index (χ4v) is 3.84. The molecule has 0 radical (unpaired) electrons. The SMILES string of the molecule is Cc1cccc2sc(N(CCCN(C)C)C(=O)c3ccc(F)cc3)nc12. The number of aryl methyl sites for hydroxylation is 1. The van der Waals surface area contributed by atoms with E-state index in [0.29, 0.717) is 17.2 Å². The highest BCUT2D eigenvalue weighted by Gasteiger charge is 2.21. The van der Waals surface area contributed by atoms with E-state index < -0.39 is 0 Å². The third-order valence-electron chi connectivity index (χ3n) is 4.16. The van der Waals surface area contributed by atoms with Crippen LogP contribution in [-0.4, -0.2) is 43.0 Å². The van der Waals surface area contributed by atoms with E-state index in [1.165, 1.54) is 35.6 Å². The number of hydrogen-bond donors (Lipinski definition) is 0. The molecule has 1 aromatic heterocycles. The van der Waals surface area contributed by atoms with Crippen LogP contribution in [0.25, 0.3) is 10.2 Å². The lowest BCUT2D eigenvalue weighted by Crippen LogP contribution is -2.33. The molecule has 0 fully saturated rings. The number of benzene rings is 2. The van der Waals surface area contributed by atoms with Crippen LogP contribution in [-0.2, 0) is 0 Å². The number of rotatable bonds is 6. The Bertz CT molecular complexity index is 905. The van der Waals surface area contributed by atoms with Crippen molar-refractivity contribution in [3.05, 3.63) is 59.4 Å². The van der Waals surface area contributed by atoms with Crippen LogP contribution < -0.4 is 4.90 Å². The highest BCUT2D eigenvalue weighted by Crippen LogP contribution is 2.31. The minimum absolute atomic E-state index is 0.152. The summed E-state index contributed by atoms with van der Waals surface area (Å²) in [6.45, 7) is 3.45. The first-order chi connectivity index (χ1) is 12.5. The fourth-order valence-electron chi connectivity index (χ4n) is 2.77. The summed E-state index contributed by atoms with van der Waals surface area (Å²) in [5.41, 5.74) is 2.48. The average Bonchev–Trinajstić information content (AvgIpc) is 3.04. The van der Waals surface area contributed by atoms with E-state index in [2.05, 4.69) is 4.90 Å². The second kappa shape index (κ2) is 7.93. The van der Waals surface area contributed by atoms with E-state index in [1.807, 2.05) is 39.2 Å². The normalized spacial score (nSPS) is 11.3. The van der Waals surface area contributed by atoms with Gasteiger partial charge in [-0.05, 0) is 69.9 Å². The first-order valence-corrected chi connectivity index (χ1v) is 9.35. The standard InChI is InChI=1S/C20H22FN3OS/c1-14-6-4-7-17-18(14)22-20(26-17)24(13-5-12-23(2)3)19(25)15-8-10-16(21)11-9-15/h4,6-11H,5,12-13H2,1-3H3. The number of halogens is 1. The predicted octanol–water partition coefficient (Wildman–Crippen LogP) is 4.34. The topological polar surface area (TPSA) is 36.4 Å². The van der Waals surface area contributed by atoms with Gasteiger partial charge in [0.25, 0.3) is 5.91 Å². The third-order valence-corrected chi connectivity index (χ3v) is 5.21. The molecule has 136 valence electrons. The Labute approximate surface area is 156 Å². The van der Waals surface area contributed by atoms with E-state index in [9.17, 15) is 9.18 Å². The van der Waals surface area contributed by atoms with Crippen LogP contribution in [0.4, 0.5) is 9.52 Å². The lowest BCUT2D eigenvalue weighted by atomic mass is 10.2. The van der Waals surface area contributed by atoms with E-state index in [1.54, 1.807) is 4.90 Å². The molecule has 3 rings (SSSR count). The van der Waals surface area contributed by atoms with Gasteiger partial charge >= 0.3 is 0 Å². The van der Waals surface area contributed by atoms with Crippen molar-refractivity contribution in [1.29, 1.82) is 0 Å². The summed E-state index contributed by atoms with van der Waals surface area (Å²) >= 11 is 1.51. The molecule has 6 heteroatoms. The van der Waals surface area contributed by atoms with Gasteiger partial charge in [0.05, 0.1) is 10.2 Å². The van der Waals surface area contributed by atoms with Gasteiger partial charge in [0.1, 0.15) is 5.82 Å². The van der Waals surface area contributed by atoms with Gasteiger partial charge in [-0.15, -0.1) is 0 Å². The molecule has 0 unspecified atom stereocenters. The Balaban J connectivity index is 1.94. The van der Waals surface area contributed by atoms with Gasteiger partial charge in [0.2, 0.25) is 0 Å². The minimum Gasteiger partial charge on any atom is -0.309 e. The number of carbonyl (C=O) groups is 1. The van der Waals surface area contributed by atoms with Crippen LogP contribution in [0.15, 0.2) is 42.5 Å². The lowest BCUT2D eigenvalue weighted by molar-refractivity contribution is 0.0986. The maximum Gasteiger partial charge on any atom is 0.260 e. The molecule has 0 N–H and O–H groups in total. The Kier molecular flexibility index (Phi) is 5.64. The molecule has 0 saturated carbocycles. The summed E-state index contributed by atoms with van der Waals surface area (Å²) in [4.78, 5) is 21.6. The molecule has 1 amide bonds. The van der Waals surface area contributed by atoms with Crippen LogP contribution in [0.1, 0.15) is 22.3 Å². The van der Waals surface area contributed by atoms with Crippen LogP contribution in [0, 0.1) is 12.7 Å². The molecule has 0 saturated heterocycles. The van der Waals surface area contributed by atoms with Crippen LogP contribution in [0.5, 0.6) is 0 Å². The van der Waals surface area contributed by atoms with Gasteiger partial charge in [-0.1, -0.05) is 23.5 Å². The number of anilines is 1. The number of hydrogen-bond acceptors (Lipinski definition) is 4. The molecule has 0 spiro atoms. The molecule has 0 bridgehead atoms. The van der Waals surface area contributed by atoms with E-state index in [0.717, 1.165) is 28.7 Å². The second-order valence-electron chi connectivity index (χ2n) is 6.54. The number of thiazole rings is 1. The zero-order valence-corrected chi connectivity index (χ0v) is 16.0. The van der Waals surface area contributed by atoms with Crippen LogP contribution in [0.2, 0.25) is 0 Å². The molecule has 0 aliphatic carbocycles. The maximum absolute atomic E-state index is 13.2. The van der Waals surface area contributed by atoms with Crippen LogP contribution in [0.3, 0.4) is 0 Å². The van der Waals surface area contributed by atoms with Crippen molar-refractivity contribution in [2.75, 3.05) is 32.1 Å². The number of para-hydroxylation sites is 1. The zero-order valence-electron chi connectivity index (χ0n) is 15.2. The Morgan fingerprint density at radius 2 is 1.85 bits per heavy atom. The predicted molar refractivity (Wildman–Crippen MR) is 106 cm³/mol. The molecule has 2 aromatic carbocycles. The molecule has 1 heterocycles. The third kappa shape index (κ3) is 4.08. The number of nitrogens with zero attached hydrogens (tertiary/aromatic N) is 3. The van der Waals surface area contributed by atoms with E-state index in [4.69, 9.17) is 4.98 Å². The van der Waals surface area contributed by atoms with Gasteiger partial charge in [0.15, 0.2) is 5.13 Å². The molecular formula is C20H22FN3OS. The summed E-state index contributed by atoms with van der Waals surface area (Å²) in [5.74, 6) is -0.503. The molecule has 26 heavy (non-hydrogen) atoms. The van der Waals surface area contributed by atoms with Crippen molar-refractivity contribution in [1.82, 2.24) is 9.88 Å². The number of amides is 1. The average molecular weight is 371 g/mol. The fraction of sp³-hybridized carbons (Fsp3) is 0.300. The molecule has 4 nitrogen and oxygen atoms in total. The molecular weight excluding hydrogens is 349 g/mol. The second-order valence-corrected chi connectivity index (χ2v) is 7.55. The summed E-state index contributed by atoms with van der Waals surface area (Å²) in [7, 11) is 4.01. The minimum atomic E-state index is -0.351. The van der Waals surface area contributed by atoms with Gasteiger partial charge in [-0.2, -0.15) is 0 Å². The quantitative estimate of drug-likeness (QED) is 0.647. The van der Waals surface area contributed by atoms with Crippen molar-refractivity contribution >= 4 is 32.6 Å². The Morgan fingerprint density at radius 1 is 1.12 bits per heavy atom. The van der Waals surface area contributed by atoms with Gasteiger partial charge < -0.3 is 4.90 Å². The Hall–Kier alpha value is -2.31. The maximum atomic E-state index is 13.2. The molecule has 0 aliphatic rings. The van der Waals surface area contributed by atoms with Crippen molar-refractivity contribution in [2.45, 2.75) is 13.3 Å². The summed E-state index contributed by atoms with van der Waals surface area (Å²) in [5, 5.41) is 0.683. The summed E-state index contributed by atoms with van der Waals surface area (Å²) < 4.78 is 14.3. The number of carbonyl (C=O) groups excluding carboxylic acids is 1. The summed E-state index contributed by atoms with van der Waals surface area (Å²) in [6, 6.07) is 11.7. The van der Waals surface area contributed by atoms with Crippen molar-refractivity contribution in [2.24, 2.45) is 0 Å². The summed E-state index contributed by atoms with van der Waals surface area (Å²) in [6.07, 6.45) is 0.828. The highest BCUT2D eigenvalue weighted by molar-refractivity contribution is 7.22. The van der Waals surface area contributed by atoms with Crippen molar-refractivity contribution in [3.63, 3.8) is 0 Å². The zero-order chi connectivity index (χ0) is 18.7. The smallest absolute Gasteiger partial charge is 0.260 e. The Morgan fingerprint density at radius 3 is 2.50 bits per heavy atom. The largest absolute Gasteiger partial charge is 0.309 e. The van der Waals surface area contributed by atoms with Gasteiger partial charge in [-0.3, -0.25) is 9.69 Å². The first-order valence-electron chi connectivity index (χ1n) is 8.54. The van der Waals surface area contributed by atoms with Gasteiger partial charge in [0, 0.05) is 12.1 Å².